The van der Waals surface area contributed by atoms with Crippen molar-refractivity contribution in [3.63, 3.8) is 0 Å². The van der Waals surface area contributed by atoms with Crippen LogP contribution in [0.1, 0.15) is 49.3 Å². The number of amides is 1. The lowest BCUT2D eigenvalue weighted by atomic mass is 10.1. The van der Waals surface area contributed by atoms with Crippen molar-refractivity contribution in [2.75, 3.05) is 13.2 Å². The van der Waals surface area contributed by atoms with Crippen LogP contribution in [-0.2, 0) is 18.5 Å². The molecule has 25 heavy (non-hydrogen) atoms. The average Bonchev–Trinajstić information content (AvgIpc) is 3.04. The van der Waals surface area contributed by atoms with Gasteiger partial charge in [0.15, 0.2) is 11.5 Å². The number of hydrogen-bond acceptors (Lipinski definition) is 4. The van der Waals surface area contributed by atoms with Crippen LogP contribution in [0.2, 0.25) is 0 Å². The molecule has 6 heteroatoms. The van der Waals surface area contributed by atoms with Crippen LogP contribution in [0.4, 0.5) is 0 Å². The molecule has 3 rings (SSSR count). The molecule has 0 fully saturated rings. The van der Waals surface area contributed by atoms with Gasteiger partial charge in [-0.2, -0.15) is 5.10 Å². The Morgan fingerprint density at radius 3 is 2.64 bits per heavy atom. The van der Waals surface area contributed by atoms with E-state index < -0.39 is 0 Å². The highest BCUT2D eigenvalue weighted by Gasteiger charge is 2.23. The summed E-state index contributed by atoms with van der Waals surface area (Å²) in [4.78, 5) is 12.6. The predicted octanol–water partition coefficient (Wildman–Crippen LogP) is 2.90. The van der Waals surface area contributed by atoms with E-state index in [1.54, 1.807) is 6.20 Å². The van der Waals surface area contributed by atoms with E-state index in [0.29, 0.717) is 25.3 Å². The highest BCUT2D eigenvalue weighted by atomic mass is 16.6. The summed E-state index contributed by atoms with van der Waals surface area (Å²) in [6.07, 6.45) is 2.41. The molecule has 2 aromatic rings. The summed E-state index contributed by atoms with van der Waals surface area (Å²) in [5, 5.41) is 7.38. The second-order valence-electron chi connectivity index (χ2n) is 7.10. The minimum Gasteiger partial charge on any atom is -0.486 e. The number of carbonyl (C=O) groups excluding carboxylic acids is 1. The van der Waals surface area contributed by atoms with Gasteiger partial charge in [0.2, 0.25) is 0 Å². The van der Waals surface area contributed by atoms with Gasteiger partial charge in [-0.1, -0.05) is 13.0 Å². The molecular weight excluding hydrogens is 318 g/mol. The molecule has 134 valence electrons. The number of rotatable bonds is 4. The van der Waals surface area contributed by atoms with Crippen molar-refractivity contribution in [1.82, 2.24) is 15.1 Å². The molecule has 0 saturated heterocycles. The lowest BCUT2D eigenvalue weighted by molar-refractivity contribution is 0.0949. The Labute approximate surface area is 148 Å². The van der Waals surface area contributed by atoms with Crippen molar-refractivity contribution in [3.05, 3.63) is 41.2 Å². The zero-order valence-corrected chi connectivity index (χ0v) is 15.3. The van der Waals surface area contributed by atoms with E-state index in [1.165, 1.54) is 0 Å². The molecule has 0 saturated carbocycles. The third kappa shape index (κ3) is 3.62. The molecule has 1 aromatic carbocycles. The van der Waals surface area contributed by atoms with E-state index >= 15 is 0 Å². The number of hydrogen-bond donors (Lipinski definition) is 1. The number of nitrogens with one attached hydrogen (secondary N) is 1. The summed E-state index contributed by atoms with van der Waals surface area (Å²) >= 11 is 0. The first kappa shape index (κ1) is 17.3. The third-order valence-corrected chi connectivity index (χ3v) is 4.14. The summed E-state index contributed by atoms with van der Waals surface area (Å²) in [7, 11) is 0. The van der Waals surface area contributed by atoms with Crippen LogP contribution in [0.15, 0.2) is 24.4 Å². The maximum atomic E-state index is 12.6. The van der Waals surface area contributed by atoms with Crippen molar-refractivity contribution in [2.45, 2.75) is 46.2 Å². The molecule has 0 atom stereocenters. The average molecular weight is 343 g/mol. The molecule has 1 amide bonds. The standard InChI is InChI=1S/C19H25N3O3/c1-5-15-14(12-21-22(15)19(2,3)4)18(23)20-11-13-6-7-16-17(10-13)25-9-8-24-16/h6-7,10,12H,5,8-9,11H2,1-4H3,(H,20,23). The second kappa shape index (κ2) is 6.78. The number of nitrogens with zero attached hydrogens (tertiary/aromatic N) is 2. The smallest absolute Gasteiger partial charge is 0.255 e. The van der Waals surface area contributed by atoms with Crippen molar-refractivity contribution in [3.8, 4) is 11.5 Å². The predicted molar refractivity (Wildman–Crippen MR) is 95.2 cm³/mol. The number of aromatic nitrogens is 2. The van der Waals surface area contributed by atoms with Crippen molar-refractivity contribution >= 4 is 5.91 Å². The minimum absolute atomic E-state index is 0.109. The van der Waals surface area contributed by atoms with Gasteiger partial charge in [0.25, 0.3) is 5.91 Å². The first-order valence-electron chi connectivity index (χ1n) is 8.64. The van der Waals surface area contributed by atoms with Gasteiger partial charge in [-0.3, -0.25) is 9.48 Å². The minimum atomic E-state index is -0.153. The van der Waals surface area contributed by atoms with Gasteiger partial charge in [-0.15, -0.1) is 0 Å². The fourth-order valence-electron chi connectivity index (χ4n) is 2.96. The van der Waals surface area contributed by atoms with Crippen molar-refractivity contribution < 1.29 is 14.3 Å². The molecule has 1 N–H and O–H groups in total. The number of fused-ring (bicyclic) bond motifs is 1. The highest BCUT2D eigenvalue weighted by molar-refractivity contribution is 5.95. The van der Waals surface area contributed by atoms with Crippen LogP contribution in [0.25, 0.3) is 0 Å². The Balaban J connectivity index is 1.72. The van der Waals surface area contributed by atoms with Gasteiger partial charge in [-0.05, 0) is 44.9 Å². The largest absolute Gasteiger partial charge is 0.486 e. The molecule has 0 aliphatic carbocycles. The molecule has 6 nitrogen and oxygen atoms in total. The monoisotopic (exact) mass is 343 g/mol. The van der Waals surface area contributed by atoms with Crippen LogP contribution in [0, 0.1) is 0 Å². The van der Waals surface area contributed by atoms with Crippen molar-refractivity contribution in [1.29, 1.82) is 0 Å². The summed E-state index contributed by atoms with van der Waals surface area (Å²) in [6.45, 7) is 9.83. The summed E-state index contributed by atoms with van der Waals surface area (Å²) < 4.78 is 13.0. The maximum absolute atomic E-state index is 12.6. The summed E-state index contributed by atoms with van der Waals surface area (Å²) in [5.74, 6) is 1.37. The summed E-state index contributed by atoms with van der Waals surface area (Å²) in [6, 6.07) is 5.73. The van der Waals surface area contributed by atoms with Crippen molar-refractivity contribution in [2.24, 2.45) is 0 Å². The Kier molecular flexibility index (Phi) is 4.70. The van der Waals surface area contributed by atoms with E-state index in [0.717, 1.165) is 29.2 Å². The number of carbonyl (C=O) groups is 1. The van der Waals surface area contributed by atoms with E-state index in [1.807, 2.05) is 29.8 Å². The molecule has 1 aliphatic rings. The van der Waals surface area contributed by atoms with E-state index in [-0.39, 0.29) is 11.4 Å². The molecule has 0 radical (unpaired) electrons. The highest BCUT2D eigenvalue weighted by Crippen LogP contribution is 2.30. The van der Waals surface area contributed by atoms with E-state index in [4.69, 9.17) is 9.47 Å². The fourth-order valence-corrected chi connectivity index (χ4v) is 2.96. The molecule has 0 unspecified atom stereocenters. The molecule has 0 spiro atoms. The summed E-state index contributed by atoms with van der Waals surface area (Å²) in [5.41, 5.74) is 2.40. The first-order valence-corrected chi connectivity index (χ1v) is 8.64. The van der Waals surface area contributed by atoms with Crippen LogP contribution >= 0.6 is 0 Å². The molecule has 0 bridgehead atoms. The quantitative estimate of drug-likeness (QED) is 0.927. The maximum Gasteiger partial charge on any atom is 0.255 e. The number of benzene rings is 1. The Morgan fingerprint density at radius 1 is 1.24 bits per heavy atom. The Hall–Kier alpha value is -2.50. The molecule has 2 heterocycles. The second-order valence-corrected chi connectivity index (χ2v) is 7.10. The van der Waals surface area contributed by atoms with Gasteiger partial charge in [0.05, 0.1) is 23.0 Å². The van der Waals surface area contributed by atoms with Crippen LogP contribution < -0.4 is 14.8 Å². The van der Waals surface area contributed by atoms with Gasteiger partial charge in [0, 0.05) is 6.54 Å². The Bertz CT molecular complexity index is 775. The fraction of sp³-hybridized carbons (Fsp3) is 0.474. The normalized spacial score (nSPS) is 13.6. The van der Waals surface area contributed by atoms with Gasteiger partial charge < -0.3 is 14.8 Å². The molecular formula is C19H25N3O3. The first-order chi connectivity index (χ1) is 11.9. The van der Waals surface area contributed by atoms with Gasteiger partial charge in [0.1, 0.15) is 13.2 Å². The van der Waals surface area contributed by atoms with Crippen LogP contribution in [0.3, 0.4) is 0 Å². The van der Waals surface area contributed by atoms with Crippen LogP contribution in [-0.4, -0.2) is 28.9 Å². The lowest BCUT2D eigenvalue weighted by Crippen LogP contribution is -2.27. The van der Waals surface area contributed by atoms with Gasteiger partial charge >= 0.3 is 0 Å². The van der Waals surface area contributed by atoms with E-state index in [9.17, 15) is 4.79 Å². The Morgan fingerprint density at radius 2 is 1.96 bits per heavy atom. The lowest BCUT2D eigenvalue weighted by Gasteiger charge is -2.22. The molecule has 1 aliphatic heterocycles. The van der Waals surface area contributed by atoms with Gasteiger partial charge in [-0.25, -0.2) is 0 Å². The zero-order chi connectivity index (χ0) is 18.0. The molecule has 1 aromatic heterocycles. The SMILES string of the molecule is CCc1c(C(=O)NCc2ccc3c(c2)OCCO3)cnn1C(C)(C)C. The number of ether oxygens (including phenoxy) is 2. The third-order valence-electron chi connectivity index (χ3n) is 4.14. The van der Waals surface area contributed by atoms with E-state index in [2.05, 4.69) is 31.2 Å². The van der Waals surface area contributed by atoms with Crippen LogP contribution in [0.5, 0.6) is 11.5 Å². The zero-order valence-electron chi connectivity index (χ0n) is 15.3. The topological polar surface area (TPSA) is 65.4 Å².